The monoisotopic (exact) mass is 311 g/mol. The van der Waals surface area contributed by atoms with Crippen LogP contribution in [0, 0.1) is 0 Å². The number of carbonyl (C=O) groups is 1. The van der Waals surface area contributed by atoms with Crippen LogP contribution < -0.4 is 15.4 Å². The number of nitrogens with one attached hydrogen (secondary N) is 2. The first-order valence-electron chi connectivity index (χ1n) is 7.35. The molecule has 0 aromatic heterocycles. The first-order chi connectivity index (χ1) is 10.2. The molecule has 116 valence electrons. The standard InChI is InChI=1S/C15H22ClN3O2/c1-2-5-17-11-12-10-13(16)3-4-14(12)21-9-8-19-7-6-18-15(19)20/h3-4,10,17H,2,5-9,11H2,1H3,(H,18,20). The van der Waals surface area contributed by atoms with Gasteiger partial charge in [-0.3, -0.25) is 0 Å². The molecule has 1 fully saturated rings. The van der Waals surface area contributed by atoms with Gasteiger partial charge in [0.25, 0.3) is 0 Å². The summed E-state index contributed by atoms with van der Waals surface area (Å²) in [6.07, 6.45) is 1.08. The normalized spacial score (nSPS) is 14.4. The van der Waals surface area contributed by atoms with E-state index in [-0.39, 0.29) is 6.03 Å². The van der Waals surface area contributed by atoms with Gasteiger partial charge in [0.05, 0.1) is 6.54 Å². The molecule has 2 amide bonds. The van der Waals surface area contributed by atoms with E-state index < -0.39 is 0 Å². The van der Waals surface area contributed by atoms with Gasteiger partial charge in [-0.1, -0.05) is 18.5 Å². The summed E-state index contributed by atoms with van der Waals surface area (Å²) in [5.41, 5.74) is 1.04. The van der Waals surface area contributed by atoms with Gasteiger partial charge in [-0.15, -0.1) is 0 Å². The van der Waals surface area contributed by atoms with E-state index in [0.29, 0.717) is 24.7 Å². The Kier molecular flexibility index (Phi) is 6.14. The fourth-order valence-electron chi connectivity index (χ4n) is 2.22. The van der Waals surface area contributed by atoms with Gasteiger partial charge in [-0.05, 0) is 31.2 Å². The molecule has 6 heteroatoms. The predicted molar refractivity (Wildman–Crippen MR) is 83.9 cm³/mol. The zero-order valence-electron chi connectivity index (χ0n) is 12.3. The lowest BCUT2D eigenvalue weighted by atomic mass is 10.2. The molecule has 1 aromatic carbocycles. The minimum absolute atomic E-state index is 0.0143. The molecule has 21 heavy (non-hydrogen) atoms. The van der Waals surface area contributed by atoms with Crippen molar-refractivity contribution in [2.24, 2.45) is 0 Å². The summed E-state index contributed by atoms with van der Waals surface area (Å²) in [5.74, 6) is 0.822. The Morgan fingerprint density at radius 1 is 1.48 bits per heavy atom. The topological polar surface area (TPSA) is 53.6 Å². The second-order valence-electron chi connectivity index (χ2n) is 5.00. The van der Waals surface area contributed by atoms with Gasteiger partial charge in [-0.25, -0.2) is 4.79 Å². The second kappa shape index (κ2) is 8.10. The molecule has 2 N–H and O–H groups in total. The number of hydrogen-bond acceptors (Lipinski definition) is 3. The summed E-state index contributed by atoms with van der Waals surface area (Å²) >= 11 is 6.04. The lowest BCUT2D eigenvalue weighted by Crippen LogP contribution is -2.32. The van der Waals surface area contributed by atoms with Crippen LogP contribution in [-0.4, -0.2) is 43.7 Å². The Morgan fingerprint density at radius 3 is 3.05 bits per heavy atom. The Bertz CT molecular complexity index is 482. The van der Waals surface area contributed by atoms with Crippen LogP contribution in [0.5, 0.6) is 5.75 Å². The van der Waals surface area contributed by atoms with Crippen molar-refractivity contribution in [1.29, 1.82) is 0 Å². The quantitative estimate of drug-likeness (QED) is 0.724. The molecule has 1 aliphatic rings. The van der Waals surface area contributed by atoms with E-state index in [4.69, 9.17) is 16.3 Å². The molecule has 0 bridgehead atoms. The summed E-state index contributed by atoms with van der Waals surface area (Å²) in [5, 5.41) is 6.82. The number of ether oxygens (including phenoxy) is 1. The third-order valence-corrected chi connectivity index (χ3v) is 3.56. The van der Waals surface area contributed by atoms with E-state index in [1.807, 2.05) is 18.2 Å². The molecule has 0 saturated carbocycles. The second-order valence-corrected chi connectivity index (χ2v) is 5.43. The van der Waals surface area contributed by atoms with Crippen LogP contribution in [0.15, 0.2) is 18.2 Å². The van der Waals surface area contributed by atoms with Crippen LogP contribution in [0.4, 0.5) is 4.79 Å². The highest BCUT2D eigenvalue weighted by molar-refractivity contribution is 6.30. The fraction of sp³-hybridized carbons (Fsp3) is 0.533. The lowest BCUT2D eigenvalue weighted by Gasteiger charge is -2.16. The maximum absolute atomic E-state index is 11.4. The minimum Gasteiger partial charge on any atom is -0.491 e. The lowest BCUT2D eigenvalue weighted by molar-refractivity contribution is 0.202. The van der Waals surface area contributed by atoms with Crippen LogP contribution in [0.2, 0.25) is 5.02 Å². The molecule has 0 aliphatic carbocycles. The zero-order chi connectivity index (χ0) is 15.1. The molecule has 5 nitrogen and oxygen atoms in total. The minimum atomic E-state index is -0.0143. The van der Waals surface area contributed by atoms with Gasteiger partial charge >= 0.3 is 6.03 Å². The average molecular weight is 312 g/mol. The summed E-state index contributed by atoms with van der Waals surface area (Å²) in [4.78, 5) is 13.2. The molecule has 1 heterocycles. The van der Waals surface area contributed by atoms with Gasteiger partial charge < -0.3 is 20.3 Å². The third kappa shape index (κ3) is 4.79. The van der Waals surface area contributed by atoms with Crippen molar-refractivity contribution in [1.82, 2.24) is 15.5 Å². The predicted octanol–water partition coefficient (Wildman–Crippen LogP) is 2.24. The molecule has 0 radical (unpaired) electrons. The van der Waals surface area contributed by atoms with Gasteiger partial charge in [0.1, 0.15) is 12.4 Å². The number of nitrogens with zero attached hydrogens (tertiary/aromatic N) is 1. The van der Waals surface area contributed by atoms with Crippen molar-refractivity contribution in [2.45, 2.75) is 19.9 Å². The molecule has 0 spiro atoms. The van der Waals surface area contributed by atoms with Crippen LogP contribution in [0.3, 0.4) is 0 Å². The van der Waals surface area contributed by atoms with Crippen molar-refractivity contribution in [3.8, 4) is 5.75 Å². The van der Waals surface area contributed by atoms with Crippen molar-refractivity contribution in [2.75, 3.05) is 32.8 Å². The smallest absolute Gasteiger partial charge is 0.317 e. The first-order valence-corrected chi connectivity index (χ1v) is 7.73. The molecule has 0 unspecified atom stereocenters. The number of carbonyl (C=O) groups excluding carboxylic acids is 1. The first kappa shape index (κ1) is 15.9. The van der Waals surface area contributed by atoms with E-state index in [2.05, 4.69) is 17.6 Å². The molecular weight excluding hydrogens is 290 g/mol. The highest BCUT2D eigenvalue weighted by Crippen LogP contribution is 2.23. The molecular formula is C15H22ClN3O2. The summed E-state index contributed by atoms with van der Waals surface area (Å²) in [7, 11) is 0. The molecule has 1 aromatic rings. The van der Waals surface area contributed by atoms with E-state index in [9.17, 15) is 4.79 Å². The van der Waals surface area contributed by atoms with Crippen LogP contribution >= 0.6 is 11.6 Å². The maximum atomic E-state index is 11.4. The Balaban J connectivity index is 1.87. The SMILES string of the molecule is CCCNCc1cc(Cl)ccc1OCCN1CCNC1=O. The van der Waals surface area contributed by atoms with E-state index in [0.717, 1.165) is 37.4 Å². The van der Waals surface area contributed by atoms with Gasteiger partial charge in [0, 0.05) is 30.2 Å². The highest BCUT2D eigenvalue weighted by atomic mass is 35.5. The van der Waals surface area contributed by atoms with Gasteiger partial charge in [0.15, 0.2) is 0 Å². The highest BCUT2D eigenvalue weighted by Gasteiger charge is 2.18. The van der Waals surface area contributed by atoms with Crippen molar-refractivity contribution in [3.05, 3.63) is 28.8 Å². The Morgan fingerprint density at radius 2 is 2.33 bits per heavy atom. The molecule has 1 saturated heterocycles. The molecule has 0 atom stereocenters. The maximum Gasteiger partial charge on any atom is 0.317 e. The van der Waals surface area contributed by atoms with Crippen molar-refractivity contribution < 1.29 is 9.53 Å². The fourth-order valence-corrected chi connectivity index (χ4v) is 2.41. The largest absolute Gasteiger partial charge is 0.491 e. The number of halogens is 1. The van der Waals surface area contributed by atoms with E-state index in [1.165, 1.54) is 0 Å². The number of amides is 2. The number of benzene rings is 1. The van der Waals surface area contributed by atoms with Crippen LogP contribution in [-0.2, 0) is 6.54 Å². The molecule has 1 aliphatic heterocycles. The number of urea groups is 1. The Labute approximate surface area is 130 Å². The number of hydrogen-bond donors (Lipinski definition) is 2. The Hall–Kier alpha value is -1.46. The summed E-state index contributed by atoms with van der Waals surface area (Å²) < 4.78 is 5.81. The molecule has 2 rings (SSSR count). The van der Waals surface area contributed by atoms with Crippen molar-refractivity contribution >= 4 is 17.6 Å². The van der Waals surface area contributed by atoms with Crippen LogP contribution in [0.25, 0.3) is 0 Å². The van der Waals surface area contributed by atoms with E-state index in [1.54, 1.807) is 4.90 Å². The third-order valence-electron chi connectivity index (χ3n) is 3.33. The summed E-state index contributed by atoms with van der Waals surface area (Å²) in [6.45, 7) is 6.35. The van der Waals surface area contributed by atoms with Crippen LogP contribution in [0.1, 0.15) is 18.9 Å². The summed E-state index contributed by atoms with van der Waals surface area (Å²) in [6, 6.07) is 5.61. The number of rotatable bonds is 8. The van der Waals surface area contributed by atoms with Gasteiger partial charge in [0.2, 0.25) is 0 Å². The average Bonchev–Trinajstić information content (AvgIpc) is 2.87. The van der Waals surface area contributed by atoms with Gasteiger partial charge in [-0.2, -0.15) is 0 Å². The zero-order valence-corrected chi connectivity index (χ0v) is 13.1. The van der Waals surface area contributed by atoms with E-state index >= 15 is 0 Å². The van der Waals surface area contributed by atoms with Crippen molar-refractivity contribution in [3.63, 3.8) is 0 Å².